The average Bonchev–Trinajstić information content (AvgIpc) is 2.64. The summed E-state index contributed by atoms with van der Waals surface area (Å²) in [7, 11) is 0. The molecule has 0 saturated carbocycles. The van der Waals surface area contributed by atoms with Crippen LogP contribution in [0, 0.1) is 12.3 Å². The molecule has 1 aliphatic rings. The minimum absolute atomic E-state index is 0.0272. The molecule has 142 valence electrons. The third-order valence-corrected chi connectivity index (χ3v) is 5.09. The Balaban J connectivity index is 1.81. The van der Waals surface area contributed by atoms with Crippen LogP contribution >= 0.6 is 0 Å². The van der Waals surface area contributed by atoms with Crippen molar-refractivity contribution in [3.63, 3.8) is 0 Å². The summed E-state index contributed by atoms with van der Waals surface area (Å²) in [6, 6.07) is 11.5. The number of piperidine rings is 1. The second-order valence-corrected chi connectivity index (χ2v) is 7.94. The molecule has 1 fully saturated rings. The van der Waals surface area contributed by atoms with Crippen molar-refractivity contribution in [2.45, 2.75) is 39.7 Å². The van der Waals surface area contributed by atoms with Crippen LogP contribution in [0.25, 0.3) is 0 Å². The number of amides is 2. The lowest BCUT2D eigenvalue weighted by molar-refractivity contribution is -0.147. The van der Waals surface area contributed by atoms with Gasteiger partial charge in [0, 0.05) is 6.54 Å². The summed E-state index contributed by atoms with van der Waals surface area (Å²) in [4.78, 5) is 31.4. The van der Waals surface area contributed by atoms with E-state index in [1.165, 1.54) is 6.20 Å². The van der Waals surface area contributed by atoms with Crippen molar-refractivity contribution in [1.29, 1.82) is 0 Å². The van der Waals surface area contributed by atoms with Crippen molar-refractivity contribution < 1.29 is 9.59 Å². The third-order valence-electron chi connectivity index (χ3n) is 5.09. The molecule has 1 aromatic carbocycles. The number of nitrogens with two attached hydrogens (primary N) is 1. The lowest BCUT2D eigenvalue weighted by atomic mass is 9.79. The highest BCUT2D eigenvalue weighted by Gasteiger charge is 2.38. The molecule has 1 aliphatic heterocycles. The van der Waals surface area contributed by atoms with Crippen LogP contribution in [0.1, 0.15) is 43.9 Å². The van der Waals surface area contributed by atoms with Gasteiger partial charge in [0.2, 0.25) is 0 Å². The first-order valence-corrected chi connectivity index (χ1v) is 9.16. The number of nitrogens with zero attached hydrogens (tertiary/aromatic N) is 2. The van der Waals surface area contributed by atoms with Gasteiger partial charge in [0.15, 0.2) is 0 Å². The molecule has 27 heavy (non-hydrogen) atoms. The summed E-state index contributed by atoms with van der Waals surface area (Å²) in [5, 5.41) is 2.66. The van der Waals surface area contributed by atoms with Crippen LogP contribution in [0.5, 0.6) is 0 Å². The lowest BCUT2D eigenvalue weighted by Crippen LogP contribution is -2.49. The molecule has 2 amide bonds. The molecule has 3 rings (SSSR count). The molecular weight excluding hydrogens is 340 g/mol. The highest BCUT2D eigenvalue weighted by atomic mass is 16.2. The zero-order chi connectivity index (χ0) is 19.6. The number of aryl methyl sites for hydroxylation is 1. The fourth-order valence-electron chi connectivity index (χ4n) is 3.54. The standard InChI is InChI=1S/C21H26N4O2/c1-14-11-16(12-23-18(14)22)24-19(26)20(27)25-13-21(2,3)10-9-17(25)15-7-5-4-6-8-15/h4-8,11-12,17H,9-10,13H2,1-3H3,(H2,22,23)(H,24,26)/t17-/m0/s1. The Morgan fingerprint density at radius 3 is 2.63 bits per heavy atom. The molecule has 0 radical (unpaired) electrons. The number of pyridine rings is 1. The largest absolute Gasteiger partial charge is 0.383 e. The van der Waals surface area contributed by atoms with E-state index in [1.54, 1.807) is 17.9 Å². The quantitative estimate of drug-likeness (QED) is 0.798. The molecule has 6 nitrogen and oxygen atoms in total. The molecule has 0 aliphatic carbocycles. The van der Waals surface area contributed by atoms with E-state index >= 15 is 0 Å². The van der Waals surface area contributed by atoms with E-state index in [-0.39, 0.29) is 11.5 Å². The molecule has 1 aromatic heterocycles. The van der Waals surface area contributed by atoms with Gasteiger partial charge in [-0.3, -0.25) is 9.59 Å². The van der Waals surface area contributed by atoms with Crippen molar-refractivity contribution >= 4 is 23.3 Å². The maximum atomic E-state index is 13.0. The number of nitrogens with one attached hydrogen (secondary N) is 1. The Hall–Kier alpha value is -2.89. The molecule has 3 N–H and O–H groups in total. The predicted molar refractivity (Wildman–Crippen MR) is 106 cm³/mol. The minimum Gasteiger partial charge on any atom is -0.383 e. The molecule has 2 aromatic rings. The summed E-state index contributed by atoms with van der Waals surface area (Å²) >= 11 is 0. The summed E-state index contributed by atoms with van der Waals surface area (Å²) in [5.74, 6) is -0.771. The monoisotopic (exact) mass is 366 g/mol. The Labute approximate surface area is 159 Å². The van der Waals surface area contributed by atoms with E-state index in [4.69, 9.17) is 5.73 Å². The highest BCUT2D eigenvalue weighted by Crippen LogP contribution is 2.39. The SMILES string of the molecule is Cc1cc(NC(=O)C(=O)N2CC(C)(C)CC[C@H]2c2ccccc2)cnc1N. The fraction of sp³-hybridized carbons (Fsp3) is 0.381. The molecule has 6 heteroatoms. The van der Waals surface area contributed by atoms with Crippen molar-refractivity contribution in [3.05, 3.63) is 53.7 Å². The Morgan fingerprint density at radius 2 is 1.96 bits per heavy atom. The van der Waals surface area contributed by atoms with E-state index < -0.39 is 11.8 Å². The Bertz CT molecular complexity index is 849. The van der Waals surface area contributed by atoms with Crippen molar-refractivity contribution in [2.75, 3.05) is 17.6 Å². The summed E-state index contributed by atoms with van der Waals surface area (Å²) in [6.45, 7) is 6.59. The second-order valence-electron chi connectivity index (χ2n) is 7.94. The first kappa shape index (κ1) is 18.9. The van der Waals surface area contributed by atoms with E-state index in [0.29, 0.717) is 18.1 Å². The van der Waals surface area contributed by atoms with Crippen LogP contribution in [0.3, 0.4) is 0 Å². The maximum absolute atomic E-state index is 13.0. The van der Waals surface area contributed by atoms with Crippen molar-refractivity contribution in [1.82, 2.24) is 9.88 Å². The molecular formula is C21H26N4O2. The highest BCUT2D eigenvalue weighted by molar-refractivity contribution is 6.39. The van der Waals surface area contributed by atoms with E-state index in [2.05, 4.69) is 24.1 Å². The number of likely N-dealkylation sites (tertiary alicyclic amines) is 1. The minimum atomic E-state index is -0.653. The second kappa shape index (κ2) is 7.39. The number of hydrogen-bond donors (Lipinski definition) is 2. The third kappa shape index (κ3) is 4.27. The van der Waals surface area contributed by atoms with Crippen LogP contribution < -0.4 is 11.1 Å². The van der Waals surface area contributed by atoms with Crippen molar-refractivity contribution in [2.24, 2.45) is 5.41 Å². The molecule has 2 heterocycles. The summed E-state index contributed by atoms with van der Waals surface area (Å²) < 4.78 is 0. The number of nitrogen functional groups attached to an aromatic ring is 1. The Kier molecular flexibility index (Phi) is 5.17. The van der Waals surface area contributed by atoms with Crippen LogP contribution in [0.4, 0.5) is 11.5 Å². The van der Waals surface area contributed by atoms with E-state index in [1.807, 2.05) is 30.3 Å². The lowest BCUT2D eigenvalue weighted by Gasteiger charge is -2.43. The molecule has 0 unspecified atom stereocenters. The normalized spacial score (nSPS) is 18.8. The van der Waals surface area contributed by atoms with Gasteiger partial charge in [-0.25, -0.2) is 4.98 Å². The van der Waals surface area contributed by atoms with Gasteiger partial charge >= 0.3 is 11.8 Å². The van der Waals surface area contributed by atoms with Crippen LogP contribution in [-0.2, 0) is 9.59 Å². The number of aromatic nitrogens is 1. The number of hydrogen-bond acceptors (Lipinski definition) is 4. The molecule has 1 saturated heterocycles. The number of carbonyl (C=O) groups excluding carboxylic acids is 2. The first-order valence-electron chi connectivity index (χ1n) is 9.16. The summed E-state index contributed by atoms with van der Waals surface area (Å²) in [6.07, 6.45) is 3.29. The zero-order valence-electron chi connectivity index (χ0n) is 16.0. The van der Waals surface area contributed by atoms with Gasteiger partial charge in [0.25, 0.3) is 0 Å². The van der Waals surface area contributed by atoms with Crippen molar-refractivity contribution in [3.8, 4) is 0 Å². The average molecular weight is 366 g/mol. The summed E-state index contributed by atoms with van der Waals surface area (Å²) in [5.41, 5.74) is 7.95. The number of rotatable bonds is 2. The van der Waals surface area contributed by atoms with Gasteiger partial charge in [-0.05, 0) is 42.4 Å². The van der Waals surface area contributed by atoms with Gasteiger partial charge in [0.1, 0.15) is 5.82 Å². The van der Waals surface area contributed by atoms with E-state index in [0.717, 1.165) is 24.0 Å². The van der Waals surface area contributed by atoms with Gasteiger partial charge in [-0.15, -0.1) is 0 Å². The number of carbonyl (C=O) groups is 2. The van der Waals surface area contributed by atoms with Crippen LogP contribution in [0.2, 0.25) is 0 Å². The predicted octanol–water partition coefficient (Wildman–Crippen LogP) is 3.30. The van der Waals surface area contributed by atoms with Gasteiger partial charge in [-0.2, -0.15) is 0 Å². The zero-order valence-corrected chi connectivity index (χ0v) is 16.0. The number of benzene rings is 1. The first-order chi connectivity index (χ1) is 12.8. The smallest absolute Gasteiger partial charge is 0.313 e. The van der Waals surface area contributed by atoms with Gasteiger partial charge in [-0.1, -0.05) is 44.2 Å². The number of anilines is 2. The molecule has 1 atom stereocenters. The molecule has 0 spiro atoms. The topological polar surface area (TPSA) is 88.3 Å². The van der Waals surface area contributed by atoms with Crippen LogP contribution in [-0.4, -0.2) is 28.2 Å². The van der Waals surface area contributed by atoms with Gasteiger partial charge < -0.3 is 16.0 Å². The fourth-order valence-corrected chi connectivity index (χ4v) is 3.54. The van der Waals surface area contributed by atoms with Crippen LogP contribution in [0.15, 0.2) is 42.6 Å². The van der Waals surface area contributed by atoms with E-state index in [9.17, 15) is 9.59 Å². The Morgan fingerprint density at radius 1 is 1.26 bits per heavy atom. The molecule has 0 bridgehead atoms. The van der Waals surface area contributed by atoms with Gasteiger partial charge in [0.05, 0.1) is 17.9 Å². The maximum Gasteiger partial charge on any atom is 0.313 e.